The Morgan fingerprint density at radius 2 is 2.18 bits per heavy atom. The van der Waals surface area contributed by atoms with Crippen molar-refractivity contribution in [1.29, 1.82) is 0 Å². The van der Waals surface area contributed by atoms with Crippen LogP contribution in [0.5, 0.6) is 5.75 Å². The molecule has 1 amide bonds. The third-order valence-electron chi connectivity index (χ3n) is 4.12. The minimum absolute atomic E-state index is 0.00554. The Morgan fingerprint density at radius 1 is 1.43 bits per heavy atom. The van der Waals surface area contributed by atoms with Gasteiger partial charge in [0, 0.05) is 30.9 Å². The fourth-order valence-electron chi connectivity index (χ4n) is 2.50. The van der Waals surface area contributed by atoms with Gasteiger partial charge >= 0.3 is 0 Å². The first-order chi connectivity index (χ1) is 13.3. The number of aromatic nitrogens is 2. The lowest BCUT2D eigenvalue weighted by molar-refractivity contribution is -0.384. The Labute approximate surface area is 167 Å². The quantitative estimate of drug-likeness (QED) is 0.356. The Bertz CT molecular complexity index is 1140. The van der Waals surface area contributed by atoms with E-state index in [0.717, 1.165) is 0 Å². The standard InChI is InChI=1S/C17H16N4O5S2/c1-9-5-13(22)16(24)12(20(9)2)7-18-15(23)8-27-17-19-11-4-3-10(21(25)26)6-14(11)28-17/h3-6,24H,7-8H2,1-2H3,(H,18,23). The van der Waals surface area contributed by atoms with Crippen molar-refractivity contribution in [2.45, 2.75) is 17.8 Å². The number of nitro benzene ring substituents is 1. The number of aryl methyl sites for hydroxylation is 1. The summed E-state index contributed by atoms with van der Waals surface area (Å²) in [4.78, 5) is 38.5. The highest BCUT2D eigenvalue weighted by Crippen LogP contribution is 2.31. The zero-order valence-electron chi connectivity index (χ0n) is 15.0. The summed E-state index contributed by atoms with van der Waals surface area (Å²) < 4.78 is 2.94. The molecule has 1 aromatic carbocycles. The van der Waals surface area contributed by atoms with E-state index in [2.05, 4.69) is 10.3 Å². The van der Waals surface area contributed by atoms with Crippen molar-refractivity contribution in [1.82, 2.24) is 14.9 Å². The van der Waals surface area contributed by atoms with E-state index in [-0.39, 0.29) is 29.6 Å². The molecule has 0 radical (unpaired) electrons. The van der Waals surface area contributed by atoms with Crippen molar-refractivity contribution >= 4 is 44.9 Å². The second-order valence-corrected chi connectivity index (χ2v) is 8.21. The summed E-state index contributed by atoms with van der Waals surface area (Å²) in [6.07, 6.45) is 0. The van der Waals surface area contributed by atoms with Crippen LogP contribution in [-0.4, -0.2) is 31.2 Å². The van der Waals surface area contributed by atoms with E-state index in [0.29, 0.717) is 25.9 Å². The highest BCUT2D eigenvalue weighted by Gasteiger charge is 2.14. The van der Waals surface area contributed by atoms with Crippen molar-refractivity contribution in [3.05, 3.63) is 56.0 Å². The Hall–Kier alpha value is -2.92. The molecule has 0 saturated carbocycles. The summed E-state index contributed by atoms with van der Waals surface area (Å²) in [5.41, 5.74) is 1.14. The van der Waals surface area contributed by atoms with Crippen LogP contribution in [-0.2, 0) is 18.4 Å². The molecular formula is C17H16N4O5S2. The van der Waals surface area contributed by atoms with E-state index in [1.807, 2.05) is 0 Å². The van der Waals surface area contributed by atoms with Gasteiger partial charge < -0.3 is 15.0 Å². The van der Waals surface area contributed by atoms with Crippen molar-refractivity contribution < 1.29 is 14.8 Å². The fourth-order valence-corrected chi connectivity index (χ4v) is 4.43. The first-order valence-electron chi connectivity index (χ1n) is 8.09. The predicted octanol–water partition coefficient (Wildman–Crippen LogP) is 2.33. The van der Waals surface area contributed by atoms with Gasteiger partial charge in [0.1, 0.15) is 0 Å². The molecule has 0 saturated heterocycles. The zero-order chi connectivity index (χ0) is 20.4. The molecule has 11 heteroatoms. The molecule has 0 fully saturated rings. The fraction of sp³-hybridized carbons (Fsp3) is 0.235. The van der Waals surface area contributed by atoms with Crippen molar-refractivity contribution in [2.75, 3.05) is 5.75 Å². The summed E-state index contributed by atoms with van der Waals surface area (Å²) in [5.74, 6) is -0.583. The summed E-state index contributed by atoms with van der Waals surface area (Å²) in [6, 6.07) is 5.75. The van der Waals surface area contributed by atoms with Crippen molar-refractivity contribution in [3.8, 4) is 5.75 Å². The van der Waals surface area contributed by atoms with E-state index in [4.69, 9.17) is 0 Å². The van der Waals surface area contributed by atoms with Crippen LogP contribution in [0.4, 0.5) is 5.69 Å². The van der Waals surface area contributed by atoms with Gasteiger partial charge in [0.15, 0.2) is 10.1 Å². The molecule has 0 aliphatic heterocycles. The van der Waals surface area contributed by atoms with Gasteiger partial charge in [0.05, 0.1) is 33.1 Å². The minimum atomic E-state index is -0.488. The lowest BCUT2D eigenvalue weighted by Crippen LogP contribution is -2.27. The van der Waals surface area contributed by atoms with Crippen LogP contribution < -0.4 is 10.7 Å². The molecule has 3 aromatic rings. The van der Waals surface area contributed by atoms with Crippen LogP contribution in [0.1, 0.15) is 11.4 Å². The molecule has 2 N–H and O–H groups in total. The topological polar surface area (TPSA) is 127 Å². The Morgan fingerprint density at radius 3 is 2.89 bits per heavy atom. The maximum absolute atomic E-state index is 12.1. The number of thiazole rings is 1. The van der Waals surface area contributed by atoms with E-state index >= 15 is 0 Å². The molecule has 0 unspecified atom stereocenters. The van der Waals surface area contributed by atoms with E-state index < -0.39 is 10.4 Å². The summed E-state index contributed by atoms with van der Waals surface area (Å²) in [5, 5.41) is 23.4. The monoisotopic (exact) mass is 420 g/mol. The van der Waals surface area contributed by atoms with Crippen LogP contribution in [0.15, 0.2) is 33.4 Å². The number of aromatic hydroxyl groups is 1. The number of rotatable bonds is 6. The first-order valence-corrected chi connectivity index (χ1v) is 9.89. The number of nitro groups is 1. The number of non-ortho nitro benzene ring substituents is 1. The van der Waals surface area contributed by atoms with Gasteiger partial charge in [-0.15, -0.1) is 11.3 Å². The number of amides is 1. The summed E-state index contributed by atoms with van der Waals surface area (Å²) in [7, 11) is 1.70. The van der Waals surface area contributed by atoms with Crippen LogP contribution in [0.2, 0.25) is 0 Å². The van der Waals surface area contributed by atoms with Gasteiger partial charge in [-0.3, -0.25) is 19.7 Å². The molecule has 0 spiro atoms. The molecule has 28 heavy (non-hydrogen) atoms. The molecule has 0 bridgehead atoms. The Balaban J connectivity index is 1.63. The second-order valence-electron chi connectivity index (χ2n) is 5.96. The van der Waals surface area contributed by atoms with Gasteiger partial charge in [0.2, 0.25) is 11.3 Å². The van der Waals surface area contributed by atoms with Crippen LogP contribution in [0, 0.1) is 17.0 Å². The molecule has 2 heterocycles. The molecule has 0 aliphatic rings. The molecule has 146 valence electrons. The largest absolute Gasteiger partial charge is 0.503 e. The van der Waals surface area contributed by atoms with Crippen molar-refractivity contribution in [3.63, 3.8) is 0 Å². The molecule has 3 rings (SSSR count). The van der Waals surface area contributed by atoms with Gasteiger partial charge in [0.25, 0.3) is 5.69 Å². The normalized spacial score (nSPS) is 10.9. The Kier molecular flexibility index (Phi) is 5.66. The van der Waals surface area contributed by atoms with E-state index in [1.165, 1.54) is 41.3 Å². The molecule has 9 nitrogen and oxygen atoms in total. The number of nitrogens with zero attached hydrogens (tertiary/aromatic N) is 3. The maximum atomic E-state index is 12.1. The molecular weight excluding hydrogens is 404 g/mol. The third-order valence-corrected chi connectivity index (χ3v) is 6.28. The lowest BCUT2D eigenvalue weighted by Gasteiger charge is -2.14. The van der Waals surface area contributed by atoms with Gasteiger partial charge in [-0.2, -0.15) is 0 Å². The van der Waals surface area contributed by atoms with Crippen molar-refractivity contribution in [2.24, 2.45) is 7.05 Å². The highest BCUT2D eigenvalue weighted by atomic mass is 32.2. The average molecular weight is 420 g/mol. The number of hydrogen-bond donors (Lipinski definition) is 2. The number of fused-ring (bicyclic) bond motifs is 1. The minimum Gasteiger partial charge on any atom is -0.503 e. The average Bonchev–Trinajstić information content (AvgIpc) is 3.06. The predicted molar refractivity (Wildman–Crippen MR) is 107 cm³/mol. The molecule has 2 aromatic heterocycles. The third kappa shape index (κ3) is 4.15. The van der Waals surface area contributed by atoms with Gasteiger partial charge in [-0.05, 0) is 13.0 Å². The number of nitrogens with one attached hydrogen (secondary N) is 1. The van der Waals surface area contributed by atoms with E-state index in [1.54, 1.807) is 24.6 Å². The number of pyridine rings is 1. The van der Waals surface area contributed by atoms with Crippen LogP contribution in [0.25, 0.3) is 10.2 Å². The smallest absolute Gasteiger partial charge is 0.270 e. The molecule has 0 atom stereocenters. The highest BCUT2D eigenvalue weighted by molar-refractivity contribution is 8.01. The van der Waals surface area contributed by atoms with Crippen LogP contribution >= 0.6 is 23.1 Å². The number of thioether (sulfide) groups is 1. The maximum Gasteiger partial charge on any atom is 0.270 e. The lowest BCUT2D eigenvalue weighted by atomic mass is 10.2. The SMILES string of the molecule is Cc1cc(=O)c(O)c(CNC(=O)CSc2nc3ccc([N+](=O)[O-])cc3s2)n1C. The number of carbonyl (C=O) groups excluding carboxylic acids is 1. The van der Waals surface area contributed by atoms with E-state index in [9.17, 15) is 24.8 Å². The number of hydrogen-bond acceptors (Lipinski definition) is 8. The van der Waals surface area contributed by atoms with Gasteiger partial charge in [-0.25, -0.2) is 4.98 Å². The summed E-state index contributed by atoms with van der Waals surface area (Å²) >= 11 is 2.49. The van der Waals surface area contributed by atoms with Gasteiger partial charge in [-0.1, -0.05) is 11.8 Å². The van der Waals surface area contributed by atoms with Crippen LogP contribution in [0.3, 0.4) is 0 Å². The molecule has 0 aliphatic carbocycles. The first kappa shape index (κ1) is 19.8. The number of carbonyl (C=O) groups is 1. The second kappa shape index (κ2) is 7.98. The number of benzene rings is 1. The zero-order valence-corrected chi connectivity index (χ0v) is 16.6. The summed E-state index contributed by atoms with van der Waals surface area (Å²) in [6.45, 7) is 1.75.